The molecular weight excluding hydrogens is 1030 g/mol. The van der Waals surface area contributed by atoms with E-state index in [0.29, 0.717) is 66.1 Å². The van der Waals surface area contributed by atoms with Crippen molar-refractivity contribution >= 4 is 0 Å². The van der Waals surface area contributed by atoms with Crippen LogP contribution in [0.3, 0.4) is 0 Å². The SMILES string of the molecule is CC(COCC(C)OC(c1ccccc1)(c1ccccc1)c1ccccc1)OCC(C)OC(C)COCC(COc1ccccc1)OCC(C)OC(C)COC(C)COCC(C)OC(c1ccccc1)(c1ccccc1)c1ccccc1. The molecule has 0 saturated carbocycles. The Hall–Kier alpha value is -6.06. The van der Waals surface area contributed by atoms with Crippen LogP contribution in [0.15, 0.2) is 212 Å². The van der Waals surface area contributed by atoms with E-state index in [9.17, 15) is 0 Å². The van der Waals surface area contributed by atoms with Gasteiger partial charge in [0.05, 0.1) is 108 Å². The van der Waals surface area contributed by atoms with Crippen LogP contribution in [0.5, 0.6) is 5.75 Å². The Kier molecular flexibility index (Phi) is 26.3. The maximum absolute atomic E-state index is 7.07. The van der Waals surface area contributed by atoms with Crippen molar-refractivity contribution in [1.82, 2.24) is 0 Å². The molecule has 0 aliphatic rings. The summed E-state index contributed by atoms with van der Waals surface area (Å²) < 4.78 is 70.3. The molecule has 0 bridgehead atoms. The number of rotatable bonds is 38. The van der Waals surface area contributed by atoms with Gasteiger partial charge in [0.2, 0.25) is 0 Å². The van der Waals surface area contributed by atoms with Gasteiger partial charge in [0, 0.05) is 0 Å². The Bertz CT molecular complexity index is 2550. The molecule has 9 unspecified atom stereocenters. The number of hydrogen-bond acceptors (Lipinski definition) is 11. The van der Waals surface area contributed by atoms with Gasteiger partial charge in [0.25, 0.3) is 0 Å². The Morgan fingerprint density at radius 3 is 0.841 bits per heavy atom. The third-order valence-electron chi connectivity index (χ3n) is 13.8. The van der Waals surface area contributed by atoms with Crippen molar-refractivity contribution in [2.45, 2.75) is 122 Å². The van der Waals surface area contributed by atoms with Crippen LogP contribution in [0, 0.1) is 0 Å². The standard InChI is InChI=1S/C71H88O11/c1-54(44-72-47-60(7)81-70(62-30-16-9-17-31-62,63-32-18-10-19-33-63)64-34-20-11-21-35-64)75-49-57(4)79-56(3)46-74-52-69(53-78-68-42-28-15-29-43-68)77-51-59(6)80-58(5)50-76-55(2)45-73-48-61(8)82-71(65-36-22-12-23-37-65,66-38-24-13-25-39-66)67-40-26-14-27-41-67/h9-43,54-61,69H,44-53H2,1-8H3. The minimum atomic E-state index is -0.825. The van der Waals surface area contributed by atoms with Crippen molar-refractivity contribution in [3.63, 3.8) is 0 Å². The molecule has 0 aliphatic heterocycles. The minimum absolute atomic E-state index is 0.158. The van der Waals surface area contributed by atoms with Gasteiger partial charge in [-0.15, -0.1) is 0 Å². The van der Waals surface area contributed by atoms with Gasteiger partial charge in [-0.25, -0.2) is 0 Å². The van der Waals surface area contributed by atoms with E-state index in [1.54, 1.807) is 0 Å². The summed E-state index contributed by atoms with van der Waals surface area (Å²) in [6.07, 6.45) is -1.92. The quantitative estimate of drug-likeness (QED) is 0.0346. The molecule has 0 N–H and O–H groups in total. The average Bonchev–Trinajstić information content (AvgIpc) is 2.54. The van der Waals surface area contributed by atoms with Gasteiger partial charge in [-0.1, -0.05) is 200 Å². The molecule has 9 atom stereocenters. The van der Waals surface area contributed by atoms with Gasteiger partial charge in [-0.05, 0) is 101 Å². The summed E-state index contributed by atoms with van der Waals surface area (Å²) in [7, 11) is 0. The molecule has 11 nitrogen and oxygen atoms in total. The molecule has 0 radical (unpaired) electrons. The molecule has 0 amide bonds. The Balaban J connectivity index is 0.798. The Morgan fingerprint density at radius 2 is 0.512 bits per heavy atom. The van der Waals surface area contributed by atoms with Crippen molar-refractivity contribution in [3.05, 3.63) is 246 Å². The van der Waals surface area contributed by atoms with Crippen molar-refractivity contribution in [2.75, 3.05) is 66.1 Å². The first-order valence-corrected chi connectivity index (χ1v) is 29.2. The molecular formula is C71H88O11. The fraction of sp³-hybridized carbons (Fsp3) is 0.408. The molecule has 11 heteroatoms. The van der Waals surface area contributed by atoms with E-state index in [-0.39, 0.29) is 54.9 Å². The zero-order valence-electron chi connectivity index (χ0n) is 49.5. The van der Waals surface area contributed by atoms with Crippen LogP contribution in [0.1, 0.15) is 88.8 Å². The largest absolute Gasteiger partial charge is 0.491 e. The Labute approximate surface area is 489 Å². The third-order valence-corrected chi connectivity index (χ3v) is 13.8. The van der Waals surface area contributed by atoms with E-state index in [2.05, 4.69) is 159 Å². The number of benzene rings is 7. The van der Waals surface area contributed by atoms with E-state index < -0.39 is 11.2 Å². The first-order chi connectivity index (χ1) is 39.9. The van der Waals surface area contributed by atoms with Crippen molar-refractivity contribution in [3.8, 4) is 5.75 Å². The van der Waals surface area contributed by atoms with E-state index in [4.69, 9.17) is 52.1 Å². The summed E-state index contributed by atoms with van der Waals surface area (Å²) >= 11 is 0. The molecule has 7 rings (SSSR count). The zero-order valence-corrected chi connectivity index (χ0v) is 49.5. The van der Waals surface area contributed by atoms with Crippen LogP contribution in [0.25, 0.3) is 0 Å². The molecule has 7 aromatic carbocycles. The summed E-state index contributed by atoms with van der Waals surface area (Å²) in [6.45, 7) is 19.9. The summed E-state index contributed by atoms with van der Waals surface area (Å²) in [6, 6.07) is 72.0. The number of hydrogen-bond donors (Lipinski definition) is 0. The molecule has 7 aromatic rings. The molecule has 0 spiro atoms. The zero-order chi connectivity index (χ0) is 57.8. The molecule has 0 heterocycles. The van der Waals surface area contributed by atoms with E-state index in [1.165, 1.54) is 0 Å². The van der Waals surface area contributed by atoms with E-state index in [1.807, 2.05) is 108 Å². The molecule has 0 fully saturated rings. The molecule has 438 valence electrons. The smallest absolute Gasteiger partial charge is 0.144 e. The fourth-order valence-electron chi connectivity index (χ4n) is 10.1. The lowest BCUT2D eigenvalue weighted by atomic mass is 9.80. The normalized spacial score (nSPS) is 15.4. The van der Waals surface area contributed by atoms with Crippen molar-refractivity contribution in [1.29, 1.82) is 0 Å². The summed E-state index contributed by atoms with van der Waals surface area (Å²) in [5.41, 5.74) is 4.66. The van der Waals surface area contributed by atoms with Crippen LogP contribution in [-0.2, 0) is 58.6 Å². The van der Waals surface area contributed by atoms with Gasteiger partial charge in [0.1, 0.15) is 29.7 Å². The van der Waals surface area contributed by atoms with Crippen LogP contribution in [0.2, 0.25) is 0 Å². The average molecular weight is 1120 g/mol. The van der Waals surface area contributed by atoms with Crippen molar-refractivity contribution < 1.29 is 52.1 Å². The highest BCUT2D eigenvalue weighted by molar-refractivity contribution is 5.49. The molecule has 0 aromatic heterocycles. The molecule has 0 saturated heterocycles. The highest BCUT2D eigenvalue weighted by Gasteiger charge is 2.40. The summed E-state index contributed by atoms with van der Waals surface area (Å²) in [5.74, 6) is 0.759. The molecule has 0 aliphatic carbocycles. The highest BCUT2D eigenvalue weighted by atomic mass is 16.6. The summed E-state index contributed by atoms with van der Waals surface area (Å²) in [4.78, 5) is 0. The maximum Gasteiger partial charge on any atom is 0.144 e. The first-order valence-electron chi connectivity index (χ1n) is 29.2. The van der Waals surface area contributed by atoms with Gasteiger partial charge in [-0.3, -0.25) is 0 Å². The van der Waals surface area contributed by atoms with Crippen LogP contribution in [0.4, 0.5) is 0 Å². The van der Waals surface area contributed by atoms with Crippen LogP contribution >= 0.6 is 0 Å². The molecule has 82 heavy (non-hydrogen) atoms. The lowest BCUT2D eigenvalue weighted by molar-refractivity contribution is -0.125. The van der Waals surface area contributed by atoms with E-state index >= 15 is 0 Å². The highest BCUT2D eigenvalue weighted by Crippen LogP contribution is 2.43. The lowest BCUT2D eigenvalue weighted by Gasteiger charge is -2.38. The van der Waals surface area contributed by atoms with Gasteiger partial charge >= 0.3 is 0 Å². The van der Waals surface area contributed by atoms with Crippen molar-refractivity contribution in [2.24, 2.45) is 0 Å². The van der Waals surface area contributed by atoms with E-state index in [0.717, 1.165) is 39.1 Å². The van der Waals surface area contributed by atoms with Gasteiger partial charge in [-0.2, -0.15) is 0 Å². The Morgan fingerprint density at radius 1 is 0.256 bits per heavy atom. The summed E-state index contributed by atoms with van der Waals surface area (Å²) in [5, 5.41) is 0. The topological polar surface area (TPSA) is 102 Å². The predicted molar refractivity (Wildman–Crippen MR) is 324 cm³/mol. The maximum atomic E-state index is 7.07. The second-order valence-electron chi connectivity index (χ2n) is 21.4. The lowest BCUT2D eigenvalue weighted by Crippen LogP contribution is -2.38. The first kappa shape index (κ1) is 63.5. The van der Waals surface area contributed by atoms with Gasteiger partial charge < -0.3 is 52.1 Å². The third kappa shape index (κ3) is 19.5. The monoisotopic (exact) mass is 1120 g/mol. The van der Waals surface area contributed by atoms with Gasteiger partial charge in [0.15, 0.2) is 0 Å². The number of ether oxygens (including phenoxy) is 11. The predicted octanol–water partition coefficient (Wildman–Crippen LogP) is 13.7. The fourth-order valence-corrected chi connectivity index (χ4v) is 10.1. The second kappa shape index (κ2) is 33.9. The van der Waals surface area contributed by atoms with Crippen LogP contribution in [-0.4, -0.2) is 121 Å². The minimum Gasteiger partial charge on any atom is -0.491 e. The number of para-hydroxylation sites is 1. The van der Waals surface area contributed by atoms with Crippen LogP contribution < -0.4 is 4.74 Å². The second-order valence-corrected chi connectivity index (χ2v) is 21.4.